The lowest BCUT2D eigenvalue weighted by Gasteiger charge is -2.43. The molecule has 0 aromatic carbocycles. The van der Waals surface area contributed by atoms with Crippen LogP contribution < -0.4 is 20.7 Å². The van der Waals surface area contributed by atoms with E-state index in [2.05, 4.69) is 21.2 Å². The zero-order valence-corrected chi connectivity index (χ0v) is 19.5. The summed E-state index contributed by atoms with van der Waals surface area (Å²) in [5.74, 6) is 3.15. The third kappa shape index (κ3) is 4.32. The third-order valence-electron chi connectivity index (χ3n) is 7.95. The molecule has 1 saturated carbocycles. The quantitative estimate of drug-likeness (QED) is 0.766. The first-order valence-electron chi connectivity index (χ1n) is 13.0. The lowest BCUT2D eigenvalue weighted by molar-refractivity contribution is 0.279. The SMILES string of the molecule is O=c1cccc2n1C[C@H]1C[C@H]2CN(c2nc(NC3CCCCC3)nc(N3CCCCC3)n2)C1. The molecule has 8 nitrogen and oxygen atoms in total. The second-order valence-electron chi connectivity index (χ2n) is 10.4. The molecule has 1 N–H and O–H groups in total. The zero-order chi connectivity index (χ0) is 22.2. The van der Waals surface area contributed by atoms with Gasteiger partial charge in [-0.05, 0) is 50.5 Å². The largest absolute Gasteiger partial charge is 0.351 e. The van der Waals surface area contributed by atoms with Crippen LogP contribution >= 0.6 is 0 Å². The Balaban J connectivity index is 1.30. The highest BCUT2D eigenvalue weighted by molar-refractivity contribution is 5.47. The average molecular weight is 450 g/mol. The fourth-order valence-corrected chi connectivity index (χ4v) is 6.28. The summed E-state index contributed by atoms with van der Waals surface area (Å²) >= 11 is 0. The maximum Gasteiger partial charge on any atom is 0.250 e. The van der Waals surface area contributed by atoms with E-state index in [1.54, 1.807) is 6.07 Å². The van der Waals surface area contributed by atoms with Crippen molar-refractivity contribution in [3.8, 4) is 0 Å². The Labute approximate surface area is 195 Å². The maximum absolute atomic E-state index is 12.4. The highest BCUT2D eigenvalue weighted by Gasteiger charge is 2.36. The van der Waals surface area contributed by atoms with Gasteiger partial charge in [-0.2, -0.15) is 15.0 Å². The molecular weight excluding hydrogens is 414 g/mol. The molecule has 1 aliphatic carbocycles. The van der Waals surface area contributed by atoms with Crippen molar-refractivity contribution in [1.29, 1.82) is 0 Å². The Kier molecular flexibility index (Phi) is 5.68. The van der Waals surface area contributed by atoms with E-state index in [9.17, 15) is 4.79 Å². The summed E-state index contributed by atoms with van der Waals surface area (Å²) in [6.45, 7) is 4.58. The van der Waals surface area contributed by atoms with Crippen LogP contribution in [0.15, 0.2) is 23.0 Å². The van der Waals surface area contributed by atoms with Gasteiger partial charge in [-0.25, -0.2) is 0 Å². The van der Waals surface area contributed by atoms with E-state index in [0.717, 1.165) is 62.7 Å². The highest BCUT2D eigenvalue weighted by Crippen LogP contribution is 2.36. The van der Waals surface area contributed by atoms with Crippen LogP contribution in [0.4, 0.5) is 17.8 Å². The van der Waals surface area contributed by atoms with E-state index in [0.29, 0.717) is 17.9 Å². The summed E-state index contributed by atoms with van der Waals surface area (Å²) in [5.41, 5.74) is 1.29. The van der Waals surface area contributed by atoms with Gasteiger partial charge in [0.2, 0.25) is 17.8 Å². The molecular formula is C25H35N7O. The standard InChI is InChI=1S/C25H35N7O/c33-22-11-7-10-21-19-14-18(16-32(21)22)15-31(17-19)25-28-23(26-20-8-3-1-4-9-20)27-24(29-25)30-12-5-2-6-13-30/h7,10-11,18-20H,1-6,8-9,12-17H2,(H,26,27,28,29)/t18-,19-/m0/s1. The number of hydrogen-bond donors (Lipinski definition) is 1. The summed E-state index contributed by atoms with van der Waals surface area (Å²) in [7, 11) is 0. The Morgan fingerprint density at radius 3 is 2.39 bits per heavy atom. The van der Waals surface area contributed by atoms with Crippen molar-refractivity contribution >= 4 is 17.8 Å². The zero-order valence-electron chi connectivity index (χ0n) is 19.5. The fraction of sp³-hybridized carbons (Fsp3) is 0.680. The number of aromatic nitrogens is 4. The fourth-order valence-electron chi connectivity index (χ4n) is 6.28. The van der Waals surface area contributed by atoms with E-state index in [1.807, 2.05) is 10.6 Å². The summed E-state index contributed by atoms with van der Waals surface area (Å²) < 4.78 is 1.98. The Bertz CT molecular complexity index is 1040. The number of fused-ring (bicyclic) bond motifs is 4. The lowest BCUT2D eigenvalue weighted by atomic mass is 9.83. The molecule has 2 aromatic rings. The second-order valence-corrected chi connectivity index (χ2v) is 10.4. The molecule has 0 radical (unpaired) electrons. The Hall–Kier alpha value is -2.64. The topological polar surface area (TPSA) is 79.2 Å². The number of hydrogen-bond acceptors (Lipinski definition) is 7. The monoisotopic (exact) mass is 449 g/mol. The van der Waals surface area contributed by atoms with E-state index in [1.165, 1.54) is 51.4 Å². The van der Waals surface area contributed by atoms with Gasteiger partial charge in [0.25, 0.3) is 5.56 Å². The first-order chi connectivity index (χ1) is 16.2. The molecule has 8 heteroatoms. The van der Waals surface area contributed by atoms with Crippen molar-refractivity contribution in [3.05, 3.63) is 34.2 Å². The van der Waals surface area contributed by atoms with Gasteiger partial charge in [-0.15, -0.1) is 0 Å². The average Bonchev–Trinajstić information content (AvgIpc) is 2.86. The second kappa shape index (κ2) is 8.95. The molecule has 33 heavy (non-hydrogen) atoms. The smallest absolute Gasteiger partial charge is 0.250 e. The van der Waals surface area contributed by atoms with Gasteiger partial charge in [-0.1, -0.05) is 25.3 Å². The summed E-state index contributed by atoms with van der Waals surface area (Å²) in [6.07, 6.45) is 11.1. The first-order valence-corrected chi connectivity index (χ1v) is 13.0. The van der Waals surface area contributed by atoms with Gasteiger partial charge in [0, 0.05) is 56.4 Å². The predicted molar refractivity (Wildman–Crippen MR) is 130 cm³/mol. The Morgan fingerprint density at radius 1 is 0.818 bits per heavy atom. The van der Waals surface area contributed by atoms with Crippen molar-refractivity contribution in [2.75, 3.05) is 41.3 Å². The van der Waals surface area contributed by atoms with Crippen LogP contribution in [-0.2, 0) is 6.54 Å². The molecule has 0 unspecified atom stereocenters. The molecule has 2 aromatic heterocycles. The van der Waals surface area contributed by atoms with Crippen molar-refractivity contribution < 1.29 is 0 Å². The number of rotatable bonds is 4. The third-order valence-corrected chi connectivity index (χ3v) is 7.95. The van der Waals surface area contributed by atoms with Crippen LogP contribution in [0, 0.1) is 5.92 Å². The summed E-state index contributed by atoms with van der Waals surface area (Å²) in [6, 6.07) is 6.16. The van der Waals surface area contributed by atoms with Crippen LogP contribution in [0.2, 0.25) is 0 Å². The molecule has 2 atom stereocenters. The van der Waals surface area contributed by atoms with E-state index in [-0.39, 0.29) is 5.56 Å². The van der Waals surface area contributed by atoms with Crippen molar-refractivity contribution in [1.82, 2.24) is 19.5 Å². The van der Waals surface area contributed by atoms with Crippen LogP contribution in [0.3, 0.4) is 0 Å². The molecule has 176 valence electrons. The number of pyridine rings is 1. The van der Waals surface area contributed by atoms with Gasteiger partial charge >= 0.3 is 0 Å². The first kappa shape index (κ1) is 20.9. The van der Waals surface area contributed by atoms with Gasteiger partial charge in [-0.3, -0.25) is 4.79 Å². The normalized spacial score (nSPS) is 25.6. The molecule has 0 spiro atoms. The molecule has 3 aliphatic heterocycles. The number of anilines is 3. The molecule has 6 rings (SSSR count). The van der Waals surface area contributed by atoms with E-state index in [4.69, 9.17) is 15.0 Å². The molecule has 5 heterocycles. The molecule has 3 fully saturated rings. The number of piperidine rings is 2. The van der Waals surface area contributed by atoms with Crippen molar-refractivity contribution in [2.24, 2.45) is 5.92 Å². The van der Waals surface area contributed by atoms with Crippen molar-refractivity contribution in [2.45, 2.75) is 76.3 Å². The number of nitrogens with one attached hydrogen (secondary N) is 1. The van der Waals surface area contributed by atoms with Gasteiger partial charge < -0.3 is 19.7 Å². The summed E-state index contributed by atoms with van der Waals surface area (Å²) in [4.78, 5) is 31.9. The van der Waals surface area contributed by atoms with Crippen LogP contribution in [0.5, 0.6) is 0 Å². The van der Waals surface area contributed by atoms with Crippen LogP contribution in [-0.4, -0.2) is 51.7 Å². The molecule has 0 amide bonds. The van der Waals surface area contributed by atoms with Crippen LogP contribution in [0.25, 0.3) is 0 Å². The Morgan fingerprint density at radius 2 is 1.58 bits per heavy atom. The molecule has 2 saturated heterocycles. The molecule has 4 aliphatic rings. The van der Waals surface area contributed by atoms with Gasteiger partial charge in [0.1, 0.15) is 0 Å². The van der Waals surface area contributed by atoms with E-state index >= 15 is 0 Å². The maximum atomic E-state index is 12.4. The summed E-state index contributed by atoms with van der Waals surface area (Å²) in [5, 5.41) is 3.65. The van der Waals surface area contributed by atoms with Crippen molar-refractivity contribution in [3.63, 3.8) is 0 Å². The highest BCUT2D eigenvalue weighted by atomic mass is 16.1. The lowest BCUT2D eigenvalue weighted by Crippen LogP contribution is -2.47. The minimum Gasteiger partial charge on any atom is -0.351 e. The van der Waals surface area contributed by atoms with Gasteiger partial charge in [0.15, 0.2) is 0 Å². The van der Waals surface area contributed by atoms with Crippen LogP contribution in [0.1, 0.15) is 69.4 Å². The van der Waals surface area contributed by atoms with E-state index < -0.39 is 0 Å². The predicted octanol–water partition coefficient (Wildman–Crippen LogP) is 3.39. The molecule has 2 bridgehead atoms. The minimum atomic E-state index is 0.127. The minimum absolute atomic E-state index is 0.127. The number of nitrogens with zero attached hydrogens (tertiary/aromatic N) is 6. The van der Waals surface area contributed by atoms with Gasteiger partial charge in [0.05, 0.1) is 0 Å².